The van der Waals surface area contributed by atoms with Crippen LogP contribution in [-0.2, 0) is 30.0 Å². The molecule has 0 amide bonds. The van der Waals surface area contributed by atoms with Crippen LogP contribution < -0.4 is 0 Å². The molecule has 1 aliphatic rings. The number of fused-ring (bicyclic) bond motifs is 3. The van der Waals surface area contributed by atoms with Crippen LogP contribution in [0.2, 0.25) is 0 Å². The van der Waals surface area contributed by atoms with Crippen LogP contribution in [0.1, 0.15) is 73.2 Å². The molecule has 3 nitrogen and oxygen atoms in total. The Balaban J connectivity index is 1.75. The quantitative estimate of drug-likeness (QED) is 0.213. The highest BCUT2D eigenvalue weighted by Gasteiger charge is 2.49. The summed E-state index contributed by atoms with van der Waals surface area (Å²) < 4.78 is 12.2. The van der Waals surface area contributed by atoms with Gasteiger partial charge in [-0.3, -0.25) is 0 Å². The molecule has 0 unspecified atom stereocenters. The third-order valence-corrected chi connectivity index (χ3v) is 8.48. The standard InChI is InChI=1S/C34H38N2O/c1-5-7-21-35-24(3)32(27-16-10-13-19-30(27)35)34(29-18-12-9-15-26(29)23-37-34)33-25(4)36(22-8-6-2)31-20-14-11-17-28(31)33/h9-20H,5-8,21-23H2,1-4H3. The molecule has 0 aliphatic carbocycles. The molecule has 0 N–H and O–H groups in total. The number of benzene rings is 3. The third-order valence-electron chi connectivity index (χ3n) is 8.48. The van der Waals surface area contributed by atoms with Crippen molar-refractivity contribution >= 4 is 21.8 Å². The van der Waals surface area contributed by atoms with Crippen molar-refractivity contribution in [2.24, 2.45) is 0 Å². The van der Waals surface area contributed by atoms with Crippen LogP contribution in [0.15, 0.2) is 72.8 Å². The van der Waals surface area contributed by atoms with E-state index in [4.69, 9.17) is 4.74 Å². The zero-order valence-corrected chi connectivity index (χ0v) is 22.7. The predicted molar refractivity (Wildman–Crippen MR) is 154 cm³/mol. The Morgan fingerprint density at radius 2 is 1.16 bits per heavy atom. The van der Waals surface area contributed by atoms with E-state index in [2.05, 4.69) is 110 Å². The van der Waals surface area contributed by atoms with Gasteiger partial charge in [-0.25, -0.2) is 0 Å². The van der Waals surface area contributed by atoms with Crippen LogP contribution in [-0.4, -0.2) is 9.13 Å². The van der Waals surface area contributed by atoms with Crippen LogP contribution in [0.4, 0.5) is 0 Å². The van der Waals surface area contributed by atoms with Gasteiger partial charge >= 0.3 is 0 Å². The minimum absolute atomic E-state index is 0.623. The molecule has 1 aliphatic heterocycles. The van der Waals surface area contributed by atoms with Crippen molar-refractivity contribution in [1.82, 2.24) is 9.13 Å². The van der Waals surface area contributed by atoms with Crippen molar-refractivity contribution in [2.45, 2.75) is 78.7 Å². The SMILES string of the molecule is CCCCn1c(C)c(C2(c3c(C)n(CCCC)c4ccccc34)OCc3ccccc32)c2ccccc21. The van der Waals surface area contributed by atoms with E-state index in [0.717, 1.165) is 13.1 Å². The summed E-state index contributed by atoms with van der Waals surface area (Å²) in [7, 11) is 0. The van der Waals surface area contributed by atoms with Crippen molar-refractivity contribution in [2.75, 3.05) is 0 Å². The maximum atomic E-state index is 7.17. The first-order valence-corrected chi connectivity index (χ1v) is 14.0. The lowest BCUT2D eigenvalue weighted by atomic mass is 9.77. The predicted octanol–water partition coefficient (Wildman–Crippen LogP) is 8.64. The fraction of sp³-hybridized carbons (Fsp3) is 0.353. The molecule has 0 spiro atoms. The molecule has 190 valence electrons. The lowest BCUT2D eigenvalue weighted by molar-refractivity contribution is 0.0277. The molecule has 3 heteroatoms. The number of aryl methyl sites for hydroxylation is 2. The Kier molecular flexibility index (Phi) is 6.20. The second-order valence-electron chi connectivity index (χ2n) is 10.6. The summed E-state index contributed by atoms with van der Waals surface area (Å²) in [6.45, 7) is 11.8. The molecule has 3 aromatic carbocycles. The summed E-state index contributed by atoms with van der Waals surface area (Å²) in [5, 5.41) is 2.61. The maximum Gasteiger partial charge on any atom is 0.149 e. The summed E-state index contributed by atoms with van der Waals surface area (Å²) in [5.74, 6) is 0. The molecule has 37 heavy (non-hydrogen) atoms. The number of hydrogen-bond donors (Lipinski definition) is 0. The summed E-state index contributed by atoms with van der Waals surface area (Å²) in [6.07, 6.45) is 4.68. The number of nitrogens with zero attached hydrogens (tertiary/aromatic N) is 2. The monoisotopic (exact) mass is 490 g/mol. The average Bonchev–Trinajstić information content (AvgIpc) is 3.53. The fourth-order valence-corrected chi connectivity index (χ4v) is 6.75. The molecule has 6 rings (SSSR count). The Hall–Kier alpha value is -3.30. The van der Waals surface area contributed by atoms with Gasteiger partial charge in [0.05, 0.1) is 6.61 Å². The Labute approximate surface area is 220 Å². The van der Waals surface area contributed by atoms with Gasteiger partial charge in [-0.1, -0.05) is 87.4 Å². The number of para-hydroxylation sites is 2. The molecule has 0 fully saturated rings. The largest absolute Gasteiger partial charge is 0.356 e. The van der Waals surface area contributed by atoms with E-state index < -0.39 is 5.60 Å². The van der Waals surface area contributed by atoms with Crippen molar-refractivity contribution in [3.05, 3.63) is 106 Å². The van der Waals surface area contributed by atoms with Crippen LogP contribution >= 0.6 is 0 Å². The maximum absolute atomic E-state index is 7.17. The van der Waals surface area contributed by atoms with Crippen LogP contribution in [0.5, 0.6) is 0 Å². The highest BCUT2D eigenvalue weighted by Crippen LogP contribution is 2.54. The molecular formula is C34H38N2O. The molecule has 0 saturated carbocycles. The van der Waals surface area contributed by atoms with Gasteiger partial charge < -0.3 is 13.9 Å². The summed E-state index contributed by atoms with van der Waals surface area (Å²) in [6, 6.07) is 26.8. The van der Waals surface area contributed by atoms with Crippen molar-refractivity contribution < 1.29 is 4.74 Å². The van der Waals surface area contributed by atoms with E-state index in [-0.39, 0.29) is 0 Å². The zero-order chi connectivity index (χ0) is 25.6. The molecule has 0 atom stereocenters. The van der Waals surface area contributed by atoms with E-state index in [9.17, 15) is 0 Å². The van der Waals surface area contributed by atoms with E-state index in [1.165, 1.54) is 81.1 Å². The van der Waals surface area contributed by atoms with Gasteiger partial charge in [-0.2, -0.15) is 0 Å². The van der Waals surface area contributed by atoms with Gasteiger partial charge in [-0.05, 0) is 49.9 Å². The molecule has 2 aromatic heterocycles. The minimum atomic E-state index is -0.654. The lowest BCUT2D eigenvalue weighted by Crippen LogP contribution is -2.30. The Bertz CT molecular complexity index is 1490. The number of ether oxygens (including phenoxy) is 1. The normalized spacial score (nSPS) is 14.6. The molecule has 0 bridgehead atoms. The number of aromatic nitrogens is 2. The molecule has 0 saturated heterocycles. The molecule has 3 heterocycles. The minimum Gasteiger partial charge on any atom is -0.356 e. The smallest absolute Gasteiger partial charge is 0.149 e. The Morgan fingerprint density at radius 1 is 0.676 bits per heavy atom. The first-order valence-electron chi connectivity index (χ1n) is 14.0. The summed E-state index contributed by atoms with van der Waals surface area (Å²) >= 11 is 0. The topological polar surface area (TPSA) is 19.1 Å². The van der Waals surface area contributed by atoms with E-state index in [1.807, 2.05) is 0 Å². The van der Waals surface area contributed by atoms with E-state index >= 15 is 0 Å². The highest BCUT2D eigenvalue weighted by molar-refractivity contribution is 5.93. The molecular weight excluding hydrogens is 452 g/mol. The highest BCUT2D eigenvalue weighted by atomic mass is 16.5. The lowest BCUT2D eigenvalue weighted by Gasteiger charge is -2.32. The van der Waals surface area contributed by atoms with Gasteiger partial charge in [0.15, 0.2) is 0 Å². The van der Waals surface area contributed by atoms with Crippen LogP contribution in [0.3, 0.4) is 0 Å². The van der Waals surface area contributed by atoms with E-state index in [0.29, 0.717) is 6.61 Å². The molecule has 0 radical (unpaired) electrons. The fourth-order valence-electron chi connectivity index (χ4n) is 6.75. The second-order valence-corrected chi connectivity index (χ2v) is 10.6. The van der Waals surface area contributed by atoms with Gasteiger partial charge in [-0.15, -0.1) is 0 Å². The number of unbranched alkanes of at least 4 members (excludes halogenated alkanes) is 2. The number of hydrogen-bond acceptors (Lipinski definition) is 1. The van der Waals surface area contributed by atoms with Crippen LogP contribution in [0.25, 0.3) is 21.8 Å². The molecule has 5 aromatic rings. The van der Waals surface area contributed by atoms with Gasteiger partial charge in [0, 0.05) is 57.4 Å². The second kappa shape index (κ2) is 9.54. The summed E-state index contributed by atoms with van der Waals surface area (Å²) in [5.41, 5.74) is 9.80. The van der Waals surface area contributed by atoms with Crippen molar-refractivity contribution in [3.8, 4) is 0 Å². The first-order chi connectivity index (χ1) is 18.1. The van der Waals surface area contributed by atoms with Gasteiger partial charge in [0.1, 0.15) is 5.60 Å². The third kappa shape index (κ3) is 3.51. The Morgan fingerprint density at radius 3 is 1.70 bits per heavy atom. The first kappa shape index (κ1) is 24.1. The van der Waals surface area contributed by atoms with Crippen molar-refractivity contribution in [1.29, 1.82) is 0 Å². The van der Waals surface area contributed by atoms with Gasteiger partial charge in [0.2, 0.25) is 0 Å². The van der Waals surface area contributed by atoms with Crippen LogP contribution in [0, 0.1) is 13.8 Å². The summed E-state index contributed by atoms with van der Waals surface area (Å²) in [4.78, 5) is 0. The zero-order valence-electron chi connectivity index (χ0n) is 22.7. The van der Waals surface area contributed by atoms with Gasteiger partial charge in [0.25, 0.3) is 0 Å². The average molecular weight is 491 g/mol. The van der Waals surface area contributed by atoms with Crippen molar-refractivity contribution in [3.63, 3.8) is 0 Å². The van der Waals surface area contributed by atoms with E-state index in [1.54, 1.807) is 0 Å². The number of rotatable bonds is 8.